The average Bonchev–Trinajstić information content (AvgIpc) is 3.59. The van der Waals surface area contributed by atoms with E-state index in [4.69, 9.17) is 23.7 Å². The van der Waals surface area contributed by atoms with Crippen molar-refractivity contribution in [1.29, 1.82) is 0 Å². The average molecular weight is 706 g/mol. The van der Waals surface area contributed by atoms with E-state index in [2.05, 4.69) is 4.74 Å². The summed E-state index contributed by atoms with van der Waals surface area (Å²) >= 11 is 0. The molecule has 1 saturated heterocycles. The number of aryl methyl sites for hydroxylation is 1. The van der Waals surface area contributed by atoms with Gasteiger partial charge in [0, 0.05) is 12.0 Å². The van der Waals surface area contributed by atoms with Gasteiger partial charge < -0.3 is 33.5 Å². The Bertz CT molecular complexity index is 1670. The Morgan fingerprint density at radius 2 is 1.47 bits per heavy atom. The van der Waals surface area contributed by atoms with Crippen molar-refractivity contribution in [2.75, 3.05) is 20.8 Å². The number of amides is 1. The van der Waals surface area contributed by atoms with Gasteiger partial charge in [-0.2, -0.15) is 0 Å². The second-order valence-corrected chi connectivity index (χ2v) is 13.0. The molecule has 0 saturated carbocycles. The first kappa shape index (κ1) is 38.5. The number of aliphatic carboxylic acids is 1. The van der Waals surface area contributed by atoms with Gasteiger partial charge >= 0.3 is 29.7 Å². The number of rotatable bonds is 14. The molecule has 5 unspecified atom stereocenters. The molecule has 51 heavy (non-hydrogen) atoms. The predicted molar refractivity (Wildman–Crippen MR) is 181 cm³/mol. The number of hydrogen-bond donors (Lipinski definition) is 1. The highest BCUT2D eigenvalue weighted by Crippen LogP contribution is 2.35. The molecule has 1 aliphatic rings. The first-order valence-corrected chi connectivity index (χ1v) is 16.3. The standard InChI is InChI=1S/C38H43NO12/c1-24(29(22-17-25-13-9-7-10-14-25)26-18-20-28(21-19-26)49-27-15-11-8-12-16-27)39(32(33(41)46-5)50-35(44)37(2,3)4)31(40)30-23-48-38(51-30,34(42)43)36(45)47-6/h7-16,18-21,24,29-30,32H,17,22-23H2,1-6H3,(H,42,43). The van der Waals surface area contributed by atoms with E-state index in [0.717, 1.165) is 30.2 Å². The van der Waals surface area contributed by atoms with Crippen LogP contribution in [-0.2, 0) is 54.1 Å². The van der Waals surface area contributed by atoms with Gasteiger partial charge in [-0.25, -0.2) is 14.4 Å². The summed E-state index contributed by atoms with van der Waals surface area (Å²) in [6, 6.07) is 25.2. The fourth-order valence-electron chi connectivity index (χ4n) is 5.57. The maximum atomic E-state index is 14.5. The minimum absolute atomic E-state index is 0.443. The smallest absolute Gasteiger partial charge is 0.379 e. The van der Waals surface area contributed by atoms with E-state index >= 15 is 0 Å². The molecule has 1 aliphatic heterocycles. The second-order valence-electron chi connectivity index (χ2n) is 13.0. The quantitative estimate of drug-likeness (QED) is 0.105. The summed E-state index contributed by atoms with van der Waals surface area (Å²) in [6.07, 6.45) is -2.65. The lowest BCUT2D eigenvalue weighted by molar-refractivity contribution is -0.221. The normalized spacial score (nSPS) is 18.8. The number of carboxylic acid groups (broad SMARTS) is 1. The number of esters is 3. The molecular formula is C38H43NO12. The zero-order valence-corrected chi connectivity index (χ0v) is 29.4. The Hall–Kier alpha value is -5.27. The van der Waals surface area contributed by atoms with E-state index in [0.29, 0.717) is 24.3 Å². The molecule has 0 aromatic heterocycles. The molecule has 4 rings (SSSR count). The van der Waals surface area contributed by atoms with E-state index in [-0.39, 0.29) is 0 Å². The maximum Gasteiger partial charge on any atom is 0.379 e. The highest BCUT2D eigenvalue weighted by atomic mass is 16.8. The highest BCUT2D eigenvalue weighted by molar-refractivity contribution is 6.02. The number of benzene rings is 3. The number of para-hydroxylation sites is 1. The van der Waals surface area contributed by atoms with Gasteiger partial charge in [0.25, 0.3) is 12.1 Å². The summed E-state index contributed by atoms with van der Waals surface area (Å²) in [5.74, 6) is -8.37. The summed E-state index contributed by atoms with van der Waals surface area (Å²) in [4.78, 5) is 66.9. The molecule has 1 fully saturated rings. The van der Waals surface area contributed by atoms with Gasteiger partial charge in [-0.1, -0.05) is 60.7 Å². The molecule has 0 aliphatic carbocycles. The van der Waals surface area contributed by atoms with Crippen LogP contribution < -0.4 is 4.74 Å². The molecule has 272 valence electrons. The van der Waals surface area contributed by atoms with Crippen molar-refractivity contribution < 1.29 is 57.5 Å². The number of methoxy groups -OCH3 is 2. The van der Waals surface area contributed by atoms with Crippen LogP contribution in [0.3, 0.4) is 0 Å². The van der Waals surface area contributed by atoms with Crippen LogP contribution in [0.1, 0.15) is 51.2 Å². The SMILES string of the molecule is COC(=O)C(OC(=O)C(C)(C)C)N(C(=O)C1COC(C(=O)O)(C(=O)OC)O1)C(C)C(CCc1ccccc1)c1ccc(Oc2ccccc2)cc1. The molecule has 0 bridgehead atoms. The van der Waals surface area contributed by atoms with E-state index < -0.39 is 71.9 Å². The molecule has 5 atom stereocenters. The fraction of sp³-hybridized carbons (Fsp3) is 0.395. The van der Waals surface area contributed by atoms with Crippen molar-refractivity contribution in [3.8, 4) is 11.5 Å². The van der Waals surface area contributed by atoms with Crippen molar-refractivity contribution in [2.24, 2.45) is 5.41 Å². The van der Waals surface area contributed by atoms with Crippen LogP contribution in [0.2, 0.25) is 0 Å². The van der Waals surface area contributed by atoms with Gasteiger partial charge in [-0.3, -0.25) is 14.5 Å². The molecule has 1 N–H and O–H groups in total. The van der Waals surface area contributed by atoms with Crippen molar-refractivity contribution in [1.82, 2.24) is 4.90 Å². The van der Waals surface area contributed by atoms with Crippen LogP contribution >= 0.6 is 0 Å². The summed E-state index contributed by atoms with van der Waals surface area (Å²) in [6.45, 7) is 5.71. The Kier molecular flexibility index (Phi) is 12.6. The van der Waals surface area contributed by atoms with Crippen molar-refractivity contribution in [3.63, 3.8) is 0 Å². The van der Waals surface area contributed by atoms with Crippen LogP contribution in [0.15, 0.2) is 84.9 Å². The number of hydrogen-bond acceptors (Lipinski definition) is 11. The summed E-state index contributed by atoms with van der Waals surface area (Å²) in [7, 11) is 2.02. The third kappa shape index (κ3) is 9.10. The Morgan fingerprint density at radius 1 is 0.882 bits per heavy atom. The third-order valence-corrected chi connectivity index (χ3v) is 8.39. The lowest BCUT2D eigenvalue weighted by Crippen LogP contribution is -2.58. The molecule has 3 aromatic rings. The molecular weight excluding hydrogens is 662 g/mol. The predicted octanol–water partition coefficient (Wildman–Crippen LogP) is 4.87. The number of ether oxygens (including phenoxy) is 6. The van der Waals surface area contributed by atoms with Gasteiger partial charge in [-0.15, -0.1) is 0 Å². The minimum Gasteiger partial charge on any atom is -0.477 e. The van der Waals surface area contributed by atoms with Crippen LogP contribution in [0.5, 0.6) is 11.5 Å². The molecule has 1 heterocycles. The zero-order valence-electron chi connectivity index (χ0n) is 29.4. The lowest BCUT2D eigenvalue weighted by atomic mass is 9.85. The molecule has 1 amide bonds. The van der Waals surface area contributed by atoms with Gasteiger partial charge in [0.15, 0.2) is 6.10 Å². The van der Waals surface area contributed by atoms with E-state index in [1.165, 1.54) is 0 Å². The minimum atomic E-state index is -2.94. The van der Waals surface area contributed by atoms with Gasteiger partial charge in [0.1, 0.15) is 11.5 Å². The van der Waals surface area contributed by atoms with E-state index in [1.807, 2.05) is 72.8 Å². The topological polar surface area (TPSA) is 164 Å². The van der Waals surface area contributed by atoms with Crippen molar-refractivity contribution in [3.05, 3.63) is 96.1 Å². The number of carboxylic acids is 1. The molecule has 13 heteroatoms. The van der Waals surface area contributed by atoms with Crippen molar-refractivity contribution in [2.45, 2.75) is 70.6 Å². The Labute approximate surface area is 296 Å². The number of nitrogens with zero attached hydrogens (tertiary/aromatic N) is 1. The zero-order chi connectivity index (χ0) is 37.3. The number of carbonyl (C=O) groups is 5. The van der Waals surface area contributed by atoms with Gasteiger partial charge in [0.2, 0.25) is 0 Å². The van der Waals surface area contributed by atoms with Crippen molar-refractivity contribution >= 4 is 29.8 Å². The molecule has 3 aromatic carbocycles. The van der Waals surface area contributed by atoms with E-state index in [1.54, 1.807) is 39.8 Å². The van der Waals surface area contributed by atoms with Crippen LogP contribution in [0, 0.1) is 5.41 Å². The molecule has 0 radical (unpaired) electrons. The molecule has 13 nitrogen and oxygen atoms in total. The summed E-state index contributed by atoms with van der Waals surface area (Å²) < 4.78 is 32.0. The van der Waals surface area contributed by atoms with Gasteiger partial charge in [-0.05, 0) is 75.9 Å². The van der Waals surface area contributed by atoms with E-state index in [9.17, 15) is 29.1 Å². The van der Waals surface area contributed by atoms with Crippen LogP contribution in [-0.4, -0.2) is 84.8 Å². The van der Waals surface area contributed by atoms with Crippen LogP contribution in [0.4, 0.5) is 0 Å². The monoisotopic (exact) mass is 705 g/mol. The Morgan fingerprint density at radius 3 is 2.02 bits per heavy atom. The largest absolute Gasteiger partial charge is 0.477 e. The summed E-state index contributed by atoms with van der Waals surface area (Å²) in [5.41, 5.74) is 0.666. The molecule has 0 spiro atoms. The first-order valence-electron chi connectivity index (χ1n) is 16.3. The Balaban J connectivity index is 1.79. The third-order valence-electron chi connectivity index (χ3n) is 8.39. The van der Waals surface area contributed by atoms with Gasteiger partial charge in [0.05, 0.1) is 26.2 Å². The summed E-state index contributed by atoms with van der Waals surface area (Å²) in [5, 5.41) is 9.86. The highest BCUT2D eigenvalue weighted by Gasteiger charge is 2.60. The van der Waals surface area contributed by atoms with Crippen LogP contribution in [0.25, 0.3) is 0 Å². The second kappa shape index (κ2) is 16.6. The fourth-order valence-corrected chi connectivity index (χ4v) is 5.57. The lowest BCUT2D eigenvalue weighted by Gasteiger charge is -2.40. The number of carbonyl (C=O) groups excluding carboxylic acids is 4. The first-order chi connectivity index (χ1) is 24.2. The maximum absolute atomic E-state index is 14.5.